The van der Waals surface area contributed by atoms with Crippen molar-refractivity contribution in [2.24, 2.45) is 4.99 Å². The van der Waals surface area contributed by atoms with Crippen LogP contribution in [0.5, 0.6) is 0 Å². The van der Waals surface area contributed by atoms with Crippen LogP contribution < -0.4 is 10.6 Å². The van der Waals surface area contributed by atoms with Crippen molar-refractivity contribution in [2.75, 3.05) is 6.54 Å². The smallest absolute Gasteiger partial charge is 0.289 e. The zero-order chi connectivity index (χ0) is 8.10. The van der Waals surface area contributed by atoms with E-state index in [9.17, 15) is 4.79 Å². The van der Waals surface area contributed by atoms with Crippen LogP contribution in [0.25, 0.3) is 0 Å². The van der Waals surface area contributed by atoms with Crippen LogP contribution in [0, 0.1) is 0 Å². The molecular formula is C7H8N3O. The molecule has 4 nitrogen and oxygen atoms in total. The van der Waals surface area contributed by atoms with Crippen LogP contribution in [0.4, 0.5) is 0 Å². The number of hydrogen-bond donors (Lipinski definition) is 1. The summed E-state index contributed by atoms with van der Waals surface area (Å²) in [5.41, 5.74) is 0. The molecule has 1 amide bonds. The monoisotopic (exact) mass is 150 g/mol. The van der Waals surface area contributed by atoms with Gasteiger partial charge in [-0.3, -0.25) is 4.79 Å². The summed E-state index contributed by atoms with van der Waals surface area (Å²) in [6.07, 6.45) is 4.55. The van der Waals surface area contributed by atoms with Crippen molar-refractivity contribution in [3.05, 3.63) is 25.1 Å². The van der Waals surface area contributed by atoms with Crippen molar-refractivity contribution >= 4 is 11.7 Å². The van der Waals surface area contributed by atoms with Gasteiger partial charge in [-0.15, -0.1) is 6.58 Å². The molecule has 1 N–H and O–H groups in total. The van der Waals surface area contributed by atoms with E-state index in [4.69, 9.17) is 0 Å². The number of amidine groups is 1. The molecule has 1 rings (SSSR count). The number of rotatable bonds is 3. The van der Waals surface area contributed by atoms with Crippen molar-refractivity contribution in [1.29, 1.82) is 0 Å². The summed E-state index contributed by atoms with van der Waals surface area (Å²) in [4.78, 5) is 14.7. The van der Waals surface area contributed by atoms with Crippen LogP contribution in [-0.2, 0) is 4.79 Å². The van der Waals surface area contributed by atoms with E-state index in [0.717, 1.165) is 0 Å². The summed E-state index contributed by atoms with van der Waals surface area (Å²) < 4.78 is 0. The lowest BCUT2D eigenvalue weighted by molar-refractivity contribution is -0.114. The van der Waals surface area contributed by atoms with Gasteiger partial charge in [-0.25, -0.2) is 10.3 Å². The molecule has 57 valence electrons. The zero-order valence-electron chi connectivity index (χ0n) is 5.95. The predicted octanol–water partition coefficient (Wildman–Crippen LogP) is -0.224. The van der Waals surface area contributed by atoms with Crippen LogP contribution in [-0.4, -0.2) is 18.3 Å². The lowest BCUT2D eigenvalue weighted by Crippen LogP contribution is -2.33. The first-order chi connectivity index (χ1) is 5.34. The fraction of sp³-hybridized carbons (Fsp3) is 0.143. The van der Waals surface area contributed by atoms with E-state index in [1.54, 1.807) is 6.08 Å². The largest absolute Gasteiger partial charge is 0.346 e. The number of carbonyl (C=O) groups is 1. The average molecular weight is 150 g/mol. The molecule has 0 saturated carbocycles. The number of carbonyl (C=O) groups excluding carboxylic acids is 1. The van der Waals surface area contributed by atoms with Gasteiger partial charge in [-0.1, -0.05) is 6.08 Å². The molecule has 0 fully saturated rings. The quantitative estimate of drug-likeness (QED) is 0.555. The van der Waals surface area contributed by atoms with E-state index in [2.05, 4.69) is 22.2 Å². The Hall–Kier alpha value is -1.58. The van der Waals surface area contributed by atoms with E-state index in [-0.39, 0.29) is 11.7 Å². The van der Waals surface area contributed by atoms with Crippen molar-refractivity contribution in [3.8, 4) is 0 Å². The van der Waals surface area contributed by atoms with Gasteiger partial charge in [0, 0.05) is 18.9 Å². The van der Waals surface area contributed by atoms with E-state index in [0.29, 0.717) is 6.54 Å². The van der Waals surface area contributed by atoms with Crippen molar-refractivity contribution in [3.63, 3.8) is 0 Å². The molecule has 11 heavy (non-hydrogen) atoms. The lowest BCUT2D eigenvalue weighted by Gasteiger charge is -1.98. The van der Waals surface area contributed by atoms with Crippen LogP contribution >= 0.6 is 0 Å². The average Bonchev–Trinajstić information content (AvgIpc) is 2.52. The second kappa shape index (κ2) is 3.55. The summed E-state index contributed by atoms with van der Waals surface area (Å²) in [6, 6.07) is 0. The molecule has 0 bridgehead atoms. The Kier molecular flexibility index (Phi) is 2.43. The highest BCUT2D eigenvalue weighted by atomic mass is 16.2. The zero-order valence-corrected chi connectivity index (χ0v) is 5.95. The second-order valence-electron chi connectivity index (χ2n) is 1.88. The maximum Gasteiger partial charge on any atom is 0.289 e. The van der Waals surface area contributed by atoms with Crippen molar-refractivity contribution in [2.45, 2.75) is 0 Å². The van der Waals surface area contributed by atoms with Crippen LogP contribution in [0.3, 0.4) is 0 Å². The molecule has 0 aliphatic carbocycles. The predicted molar refractivity (Wildman–Crippen MR) is 41.9 cm³/mol. The molecule has 0 aromatic carbocycles. The van der Waals surface area contributed by atoms with Crippen molar-refractivity contribution in [1.82, 2.24) is 10.6 Å². The van der Waals surface area contributed by atoms with Gasteiger partial charge < -0.3 is 5.32 Å². The minimum Gasteiger partial charge on any atom is -0.346 e. The maximum absolute atomic E-state index is 11.0. The van der Waals surface area contributed by atoms with E-state index in [1.807, 2.05) is 0 Å². The Morgan fingerprint density at radius 2 is 2.55 bits per heavy atom. The number of amides is 1. The molecule has 0 atom stereocenters. The normalized spacial score (nSPS) is 13.6. The molecular weight excluding hydrogens is 142 g/mol. The van der Waals surface area contributed by atoms with E-state index < -0.39 is 0 Å². The summed E-state index contributed by atoms with van der Waals surface area (Å²) in [7, 11) is 0. The van der Waals surface area contributed by atoms with E-state index in [1.165, 1.54) is 12.4 Å². The van der Waals surface area contributed by atoms with E-state index >= 15 is 0 Å². The van der Waals surface area contributed by atoms with Gasteiger partial charge in [-0.05, 0) is 0 Å². The molecule has 1 radical (unpaired) electrons. The summed E-state index contributed by atoms with van der Waals surface area (Å²) in [6.45, 7) is 3.90. The van der Waals surface area contributed by atoms with Gasteiger partial charge in [-0.2, -0.15) is 0 Å². The highest BCUT2D eigenvalue weighted by Crippen LogP contribution is 1.88. The topological polar surface area (TPSA) is 55.6 Å². The molecule has 0 aromatic rings. The minimum atomic E-state index is -0.269. The first-order valence-corrected chi connectivity index (χ1v) is 3.17. The van der Waals surface area contributed by atoms with Gasteiger partial charge >= 0.3 is 0 Å². The SMILES string of the molecule is C=CCNC(=O)C1=NC=C[N]1. The Balaban J connectivity index is 2.36. The third kappa shape index (κ3) is 1.93. The molecule has 4 heteroatoms. The Labute approximate surface area is 64.7 Å². The highest BCUT2D eigenvalue weighted by Gasteiger charge is 2.11. The Morgan fingerprint density at radius 1 is 1.73 bits per heavy atom. The lowest BCUT2D eigenvalue weighted by atomic mass is 10.5. The molecule has 1 aliphatic heterocycles. The summed E-state index contributed by atoms with van der Waals surface area (Å²) >= 11 is 0. The second-order valence-corrected chi connectivity index (χ2v) is 1.88. The highest BCUT2D eigenvalue weighted by molar-refractivity contribution is 6.38. The number of nitrogens with one attached hydrogen (secondary N) is 1. The summed E-state index contributed by atoms with van der Waals surface area (Å²) in [5.74, 6) is -0.0678. The Morgan fingerprint density at radius 3 is 3.09 bits per heavy atom. The molecule has 0 aromatic heterocycles. The van der Waals surface area contributed by atoms with Gasteiger partial charge in [0.1, 0.15) is 0 Å². The fourth-order valence-corrected chi connectivity index (χ4v) is 0.602. The van der Waals surface area contributed by atoms with Crippen LogP contribution in [0.15, 0.2) is 30.0 Å². The minimum absolute atomic E-state index is 0.201. The molecule has 1 heterocycles. The third-order valence-corrected chi connectivity index (χ3v) is 1.07. The summed E-state index contributed by atoms with van der Waals surface area (Å²) in [5, 5.41) is 6.26. The standard InChI is InChI=1S/C7H8N3O/c1-2-3-10-7(11)6-8-4-5-9-6/h2,4-5H,1,3H2,(H,10,11). The van der Waals surface area contributed by atoms with Gasteiger partial charge in [0.2, 0.25) is 5.84 Å². The van der Waals surface area contributed by atoms with Gasteiger partial charge in [0.15, 0.2) is 0 Å². The van der Waals surface area contributed by atoms with Gasteiger partial charge in [0.05, 0.1) is 0 Å². The Bertz CT molecular complexity index is 230. The fourth-order valence-electron chi connectivity index (χ4n) is 0.602. The maximum atomic E-state index is 11.0. The first kappa shape index (κ1) is 7.53. The molecule has 1 aliphatic rings. The van der Waals surface area contributed by atoms with Crippen molar-refractivity contribution < 1.29 is 4.79 Å². The van der Waals surface area contributed by atoms with Crippen LogP contribution in [0.1, 0.15) is 0 Å². The third-order valence-electron chi connectivity index (χ3n) is 1.07. The van der Waals surface area contributed by atoms with Gasteiger partial charge in [0.25, 0.3) is 5.91 Å². The number of nitrogens with zero attached hydrogens (tertiary/aromatic N) is 2. The number of aliphatic imine (C=N–C) groups is 1. The number of hydrogen-bond acceptors (Lipinski definition) is 2. The molecule has 0 saturated heterocycles. The van der Waals surface area contributed by atoms with Crippen LogP contribution in [0.2, 0.25) is 0 Å². The molecule has 0 spiro atoms. The first-order valence-electron chi connectivity index (χ1n) is 3.17. The molecule has 0 unspecified atom stereocenters.